The molecule has 0 bridgehead atoms. The van der Waals surface area contributed by atoms with Crippen molar-refractivity contribution in [1.29, 1.82) is 0 Å². The van der Waals surface area contributed by atoms with Crippen LogP contribution in [-0.2, 0) is 14.3 Å². The molecule has 0 aromatic rings. The van der Waals surface area contributed by atoms with Gasteiger partial charge in [0.1, 0.15) is 12.7 Å². The number of cyclic esters (lactones) is 1. The molecule has 1 atom stereocenters. The fourth-order valence-corrected chi connectivity index (χ4v) is 0.730. The normalized spacial score (nSPS) is 24.0. The summed E-state index contributed by atoms with van der Waals surface area (Å²) in [6, 6.07) is 0. The summed E-state index contributed by atoms with van der Waals surface area (Å²) in [5.41, 5.74) is 4.69. The van der Waals surface area contributed by atoms with Gasteiger partial charge in [0.25, 0.3) is 0 Å². The van der Waals surface area contributed by atoms with Crippen LogP contribution in [0.15, 0.2) is 0 Å². The number of carbonyl (C=O) groups is 2. The van der Waals surface area contributed by atoms with E-state index in [0.717, 1.165) is 0 Å². The van der Waals surface area contributed by atoms with Crippen LogP contribution in [0.2, 0.25) is 0 Å². The Labute approximate surface area is 57.1 Å². The molecule has 1 aliphatic rings. The highest BCUT2D eigenvalue weighted by atomic mass is 16.6. The number of rotatable bonds is 1. The molecule has 1 rings (SSSR count). The number of hydrogen-bond acceptors (Lipinski definition) is 4. The molecule has 0 saturated carbocycles. The summed E-state index contributed by atoms with van der Waals surface area (Å²) in [4.78, 5) is 20.5. The van der Waals surface area contributed by atoms with E-state index in [4.69, 9.17) is 0 Å². The largest absolute Gasteiger partial charge is 0.462 e. The summed E-state index contributed by atoms with van der Waals surface area (Å²) in [7, 11) is 0. The summed E-state index contributed by atoms with van der Waals surface area (Å²) in [6.07, 6.45) is -1.24. The molecular formula is C5H7NO4. The van der Waals surface area contributed by atoms with Crippen LogP contribution in [0.3, 0.4) is 0 Å². The lowest BCUT2D eigenvalue weighted by Crippen LogP contribution is -2.22. The monoisotopic (exact) mass is 145 g/mol. The maximum Gasteiger partial charge on any atom is 0.404 e. The van der Waals surface area contributed by atoms with E-state index in [0.29, 0.717) is 0 Å². The van der Waals surface area contributed by atoms with Crippen molar-refractivity contribution in [2.75, 3.05) is 6.61 Å². The second-order valence-electron chi connectivity index (χ2n) is 1.95. The lowest BCUT2D eigenvalue weighted by molar-refractivity contribution is -0.137. The van der Waals surface area contributed by atoms with Crippen molar-refractivity contribution in [2.45, 2.75) is 12.5 Å². The Kier molecular flexibility index (Phi) is 1.75. The van der Waals surface area contributed by atoms with Crippen molar-refractivity contribution in [3.05, 3.63) is 0 Å². The van der Waals surface area contributed by atoms with Gasteiger partial charge in [-0.1, -0.05) is 0 Å². The summed E-state index contributed by atoms with van der Waals surface area (Å²) in [5, 5.41) is 0. The molecule has 0 aromatic carbocycles. The number of esters is 1. The van der Waals surface area contributed by atoms with Gasteiger partial charge in [-0.2, -0.15) is 0 Å². The van der Waals surface area contributed by atoms with Crippen LogP contribution in [-0.4, -0.2) is 24.8 Å². The maximum absolute atomic E-state index is 10.4. The fraction of sp³-hybridized carbons (Fsp3) is 0.600. The third-order valence-electron chi connectivity index (χ3n) is 1.11. The van der Waals surface area contributed by atoms with Crippen molar-refractivity contribution in [3.8, 4) is 0 Å². The minimum Gasteiger partial charge on any atom is -0.462 e. The van der Waals surface area contributed by atoms with Gasteiger partial charge in [0.05, 0.1) is 6.42 Å². The molecule has 1 aliphatic heterocycles. The second-order valence-corrected chi connectivity index (χ2v) is 1.95. The zero-order valence-electron chi connectivity index (χ0n) is 5.20. The fourth-order valence-electron chi connectivity index (χ4n) is 0.730. The third-order valence-corrected chi connectivity index (χ3v) is 1.11. The van der Waals surface area contributed by atoms with E-state index in [1.165, 1.54) is 0 Å². The van der Waals surface area contributed by atoms with Gasteiger partial charge in [-0.3, -0.25) is 4.79 Å². The Bertz CT molecular complexity index is 167. The van der Waals surface area contributed by atoms with Crippen molar-refractivity contribution >= 4 is 12.1 Å². The summed E-state index contributed by atoms with van der Waals surface area (Å²) in [5.74, 6) is -0.355. The van der Waals surface area contributed by atoms with E-state index in [2.05, 4.69) is 15.2 Å². The minimum atomic E-state index is -0.872. The molecule has 56 valence electrons. The van der Waals surface area contributed by atoms with Crippen molar-refractivity contribution in [1.82, 2.24) is 0 Å². The van der Waals surface area contributed by atoms with E-state index in [-0.39, 0.29) is 19.0 Å². The summed E-state index contributed by atoms with van der Waals surface area (Å²) in [6.45, 7) is 0.127. The topological polar surface area (TPSA) is 78.6 Å². The lowest BCUT2D eigenvalue weighted by Gasteiger charge is -2.03. The van der Waals surface area contributed by atoms with E-state index < -0.39 is 12.2 Å². The highest BCUT2D eigenvalue weighted by Crippen LogP contribution is 2.08. The summed E-state index contributed by atoms with van der Waals surface area (Å²) >= 11 is 0. The van der Waals surface area contributed by atoms with Crippen LogP contribution in [0.25, 0.3) is 0 Å². The molecular weight excluding hydrogens is 138 g/mol. The number of primary amides is 1. The van der Waals surface area contributed by atoms with Crippen LogP contribution < -0.4 is 5.73 Å². The zero-order chi connectivity index (χ0) is 7.56. The molecule has 5 nitrogen and oxygen atoms in total. The molecule has 1 fully saturated rings. The Hall–Kier alpha value is -1.26. The molecule has 0 aromatic heterocycles. The summed E-state index contributed by atoms with van der Waals surface area (Å²) < 4.78 is 8.97. The molecule has 1 amide bonds. The number of hydrogen-bond donors (Lipinski definition) is 1. The quantitative estimate of drug-likeness (QED) is 0.499. The first-order valence-electron chi connectivity index (χ1n) is 2.80. The van der Waals surface area contributed by atoms with Crippen LogP contribution in [0.4, 0.5) is 4.79 Å². The predicted molar refractivity (Wildman–Crippen MR) is 30.0 cm³/mol. The first kappa shape index (κ1) is 6.85. The average Bonchev–Trinajstić information content (AvgIpc) is 2.13. The predicted octanol–water partition coefficient (Wildman–Crippen LogP) is -0.603. The van der Waals surface area contributed by atoms with Crippen molar-refractivity contribution < 1.29 is 19.1 Å². The SMILES string of the molecule is NC(=O)OC1COC(=O)C1. The van der Waals surface area contributed by atoms with Gasteiger partial charge in [0.2, 0.25) is 0 Å². The van der Waals surface area contributed by atoms with E-state index in [1.807, 2.05) is 0 Å². The maximum atomic E-state index is 10.4. The Balaban J connectivity index is 2.31. The number of carbonyl (C=O) groups excluding carboxylic acids is 2. The van der Waals surface area contributed by atoms with E-state index >= 15 is 0 Å². The zero-order valence-corrected chi connectivity index (χ0v) is 5.20. The van der Waals surface area contributed by atoms with Gasteiger partial charge >= 0.3 is 12.1 Å². The molecule has 5 heteroatoms. The second kappa shape index (κ2) is 2.55. The smallest absolute Gasteiger partial charge is 0.404 e. The van der Waals surface area contributed by atoms with Gasteiger partial charge in [0, 0.05) is 0 Å². The standard InChI is InChI=1S/C5H7NO4/c6-5(8)10-3-1-4(7)9-2-3/h3H,1-2H2,(H2,6,8). The van der Waals surface area contributed by atoms with Gasteiger partial charge < -0.3 is 15.2 Å². The van der Waals surface area contributed by atoms with E-state index in [1.54, 1.807) is 0 Å². The highest BCUT2D eigenvalue weighted by molar-refractivity contribution is 5.73. The lowest BCUT2D eigenvalue weighted by atomic mass is 10.3. The molecule has 0 spiro atoms. The molecule has 0 radical (unpaired) electrons. The van der Waals surface area contributed by atoms with Crippen molar-refractivity contribution in [3.63, 3.8) is 0 Å². The number of nitrogens with two attached hydrogens (primary N) is 1. The van der Waals surface area contributed by atoms with Gasteiger partial charge in [-0.05, 0) is 0 Å². The van der Waals surface area contributed by atoms with Gasteiger partial charge in [0.15, 0.2) is 0 Å². The van der Waals surface area contributed by atoms with Gasteiger partial charge in [-0.15, -0.1) is 0 Å². The third kappa shape index (κ3) is 1.61. The highest BCUT2D eigenvalue weighted by Gasteiger charge is 2.26. The first-order chi connectivity index (χ1) is 4.68. The Morgan fingerprint density at radius 1 is 1.80 bits per heavy atom. The first-order valence-corrected chi connectivity index (χ1v) is 2.80. The van der Waals surface area contributed by atoms with Crippen LogP contribution in [0.5, 0.6) is 0 Å². The molecule has 1 heterocycles. The Morgan fingerprint density at radius 3 is 2.90 bits per heavy atom. The van der Waals surface area contributed by atoms with Crippen LogP contribution >= 0.6 is 0 Å². The van der Waals surface area contributed by atoms with E-state index in [9.17, 15) is 9.59 Å². The van der Waals surface area contributed by atoms with Crippen molar-refractivity contribution in [2.24, 2.45) is 5.73 Å². The molecule has 10 heavy (non-hydrogen) atoms. The molecule has 2 N–H and O–H groups in total. The minimum absolute atomic E-state index is 0.114. The molecule has 1 saturated heterocycles. The number of amides is 1. The van der Waals surface area contributed by atoms with Gasteiger partial charge in [-0.25, -0.2) is 4.79 Å². The number of ether oxygens (including phenoxy) is 2. The van der Waals surface area contributed by atoms with Crippen LogP contribution in [0, 0.1) is 0 Å². The average molecular weight is 145 g/mol. The molecule has 0 aliphatic carbocycles. The van der Waals surface area contributed by atoms with Crippen LogP contribution in [0.1, 0.15) is 6.42 Å². The Morgan fingerprint density at radius 2 is 2.50 bits per heavy atom. The molecule has 1 unspecified atom stereocenters.